The van der Waals surface area contributed by atoms with Gasteiger partial charge in [-0.05, 0) is 25.5 Å². The molecule has 116 valence electrons. The molecular weight excluding hydrogens is 302 g/mol. The van der Waals surface area contributed by atoms with E-state index in [9.17, 15) is 27.5 Å². The lowest BCUT2D eigenvalue weighted by atomic mass is 10.1. The van der Waals surface area contributed by atoms with Crippen molar-refractivity contribution in [1.82, 2.24) is 0 Å². The van der Waals surface area contributed by atoms with E-state index in [4.69, 9.17) is 0 Å². The van der Waals surface area contributed by atoms with Gasteiger partial charge in [-0.3, -0.25) is 0 Å². The minimum absolute atomic E-state index is 0.220. The van der Waals surface area contributed by atoms with Gasteiger partial charge in [0.15, 0.2) is 23.3 Å². The van der Waals surface area contributed by atoms with E-state index < -0.39 is 40.5 Å². The van der Waals surface area contributed by atoms with E-state index in [1.165, 1.54) is 6.07 Å². The van der Waals surface area contributed by atoms with Crippen LogP contribution in [0.3, 0.4) is 0 Å². The first-order valence-electron chi connectivity index (χ1n) is 6.15. The van der Waals surface area contributed by atoms with Crippen molar-refractivity contribution in [2.24, 2.45) is 0 Å². The van der Waals surface area contributed by atoms with Crippen LogP contribution in [0.15, 0.2) is 18.2 Å². The number of aromatic carboxylic acids is 1. The third-order valence-corrected chi connectivity index (χ3v) is 3.11. The minimum atomic E-state index is -2.21. The molecule has 0 amide bonds. The highest BCUT2D eigenvalue weighted by Gasteiger charge is 2.26. The molecule has 0 radical (unpaired) electrons. The number of carboxylic acids is 1. The van der Waals surface area contributed by atoms with Crippen molar-refractivity contribution in [2.45, 2.75) is 13.8 Å². The number of halogens is 4. The first kappa shape index (κ1) is 15.8. The van der Waals surface area contributed by atoms with Gasteiger partial charge in [-0.25, -0.2) is 17.6 Å². The van der Waals surface area contributed by atoms with E-state index >= 15 is 0 Å². The standard InChI is InChI=1S/C15H11F4NO2/c1-6-3-4-8(7(2)5-6)20-14-9(15(21)22)10(16)11(17)12(18)13(14)19/h3-5,20H,1-2H3,(H,21,22)/p-1. The molecular formula is C15H10F4NO2-. The summed E-state index contributed by atoms with van der Waals surface area (Å²) in [6, 6.07) is 4.79. The maximum absolute atomic E-state index is 13.8. The van der Waals surface area contributed by atoms with Crippen molar-refractivity contribution < 1.29 is 27.5 Å². The summed E-state index contributed by atoms with van der Waals surface area (Å²) in [4.78, 5) is 10.9. The molecule has 0 saturated carbocycles. The van der Waals surface area contributed by atoms with Gasteiger partial charge in [0.2, 0.25) is 0 Å². The predicted molar refractivity (Wildman–Crippen MR) is 69.8 cm³/mol. The molecule has 2 rings (SSSR count). The monoisotopic (exact) mass is 312 g/mol. The van der Waals surface area contributed by atoms with Crippen LogP contribution in [0, 0.1) is 37.1 Å². The Bertz CT molecular complexity index is 775. The lowest BCUT2D eigenvalue weighted by Crippen LogP contribution is -2.26. The lowest BCUT2D eigenvalue weighted by molar-refractivity contribution is -0.255. The number of hydrogen-bond acceptors (Lipinski definition) is 3. The number of carboxylic acid groups (broad SMARTS) is 1. The summed E-state index contributed by atoms with van der Waals surface area (Å²) in [7, 11) is 0. The number of aryl methyl sites for hydroxylation is 2. The number of anilines is 2. The molecule has 2 aromatic carbocycles. The summed E-state index contributed by atoms with van der Waals surface area (Å²) in [6.45, 7) is 3.42. The summed E-state index contributed by atoms with van der Waals surface area (Å²) in [5, 5.41) is 13.2. The Morgan fingerprint density at radius 2 is 1.59 bits per heavy atom. The predicted octanol–water partition coefficient (Wildman–Crippen LogP) is 2.97. The SMILES string of the molecule is Cc1ccc(Nc2c(F)c(F)c(F)c(F)c2C(=O)[O-])c(C)c1. The molecule has 7 heteroatoms. The zero-order chi connectivity index (χ0) is 16.6. The molecule has 0 aliphatic rings. The Labute approximate surface area is 123 Å². The smallest absolute Gasteiger partial charge is 0.199 e. The average molecular weight is 312 g/mol. The Kier molecular flexibility index (Phi) is 4.07. The van der Waals surface area contributed by atoms with Crippen LogP contribution in [-0.4, -0.2) is 5.97 Å². The van der Waals surface area contributed by atoms with Crippen molar-refractivity contribution in [3.63, 3.8) is 0 Å². The van der Waals surface area contributed by atoms with E-state index in [0.717, 1.165) is 5.56 Å². The zero-order valence-electron chi connectivity index (χ0n) is 11.6. The largest absolute Gasteiger partial charge is 0.545 e. The number of nitrogens with one attached hydrogen (secondary N) is 1. The van der Waals surface area contributed by atoms with Crippen molar-refractivity contribution in [3.05, 3.63) is 58.2 Å². The first-order valence-corrected chi connectivity index (χ1v) is 6.15. The number of rotatable bonds is 3. The highest BCUT2D eigenvalue weighted by atomic mass is 19.2. The highest BCUT2D eigenvalue weighted by Crippen LogP contribution is 2.31. The number of carbonyl (C=O) groups is 1. The van der Waals surface area contributed by atoms with Crippen LogP contribution in [0.5, 0.6) is 0 Å². The molecule has 0 aliphatic heterocycles. The second-order valence-electron chi connectivity index (χ2n) is 4.74. The van der Waals surface area contributed by atoms with Gasteiger partial charge in [0.25, 0.3) is 0 Å². The Balaban J connectivity index is 2.66. The molecule has 0 bridgehead atoms. The molecule has 0 aliphatic carbocycles. The molecule has 0 aromatic heterocycles. The van der Waals surface area contributed by atoms with E-state index in [0.29, 0.717) is 5.56 Å². The maximum Gasteiger partial charge on any atom is 0.199 e. The second kappa shape index (κ2) is 5.67. The van der Waals surface area contributed by atoms with Crippen LogP contribution in [0.25, 0.3) is 0 Å². The van der Waals surface area contributed by atoms with Gasteiger partial charge in [-0.2, -0.15) is 0 Å². The third-order valence-electron chi connectivity index (χ3n) is 3.11. The fourth-order valence-electron chi connectivity index (χ4n) is 2.03. The van der Waals surface area contributed by atoms with Crippen LogP contribution >= 0.6 is 0 Å². The molecule has 3 nitrogen and oxygen atoms in total. The van der Waals surface area contributed by atoms with Gasteiger partial charge < -0.3 is 15.2 Å². The average Bonchev–Trinajstić information content (AvgIpc) is 2.44. The minimum Gasteiger partial charge on any atom is -0.545 e. The van der Waals surface area contributed by atoms with E-state index in [2.05, 4.69) is 5.32 Å². The number of carbonyl (C=O) groups excluding carboxylic acids is 1. The molecule has 1 N–H and O–H groups in total. The Morgan fingerprint density at radius 1 is 1.00 bits per heavy atom. The van der Waals surface area contributed by atoms with Crippen LogP contribution in [0.1, 0.15) is 21.5 Å². The van der Waals surface area contributed by atoms with Crippen molar-refractivity contribution in [2.75, 3.05) is 5.32 Å². The summed E-state index contributed by atoms with van der Waals surface area (Å²) >= 11 is 0. The van der Waals surface area contributed by atoms with Gasteiger partial charge in [0.1, 0.15) is 0 Å². The second-order valence-corrected chi connectivity index (χ2v) is 4.74. The van der Waals surface area contributed by atoms with Crippen LogP contribution in [0.4, 0.5) is 28.9 Å². The van der Waals surface area contributed by atoms with Gasteiger partial charge >= 0.3 is 0 Å². The number of benzene rings is 2. The fraction of sp³-hybridized carbons (Fsp3) is 0.133. The quantitative estimate of drug-likeness (QED) is 0.538. The Morgan fingerprint density at radius 3 is 2.14 bits per heavy atom. The summed E-state index contributed by atoms with van der Waals surface area (Å²) in [5.74, 6) is -10.3. The lowest BCUT2D eigenvalue weighted by Gasteiger charge is -2.17. The van der Waals surface area contributed by atoms with Gasteiger partial charge in [0, 0.05) is 5.69 Å². The van der Waals surface area contributed by atoms with Crippen LogP contribution in [0.2, 0.25) is 0 Å². The number of hydrogen-bond donors (Lipinski definition) is 1. The van der Waals surface area contributed by atoms with Crippen molar-refractivity contribution in [1.29, 1.82) is 0 Å². The zero-order valence-corrected chi connectivity index (χ0v) is 11.6. The molecule has 0 unspecified atom stereocenters. The van der Waals surface area contributed by atoms with E-state index in [-0.39, 0.29) is 5.69 Å². The van der Waals surface area contributed by atoms with Crippen molar-refractivity contribution in [3.8, 4) is 0 Å². The van der Waals surface area contributed by atoms with Crippen LogP contribution < -0.4 is 10.4 Å². The molecule has 0 atom stereocenters. The fourth-order valence-corrected chi connectivity index (χ4v) is 2.03. The molecule has 2 aromatic rings. The Hall–Kier alpha value is -2.57. The van der Waals surface area contributed by atoms with Gasteiger partial charge in [0.05, 0.1) is 17.2 Å². The van der Waals surface area contributed by atoms with E-state index in [1.54, 1.807) is 26.0 Å². The summed E-state index contributed by atoms with van der Waals surface area (Å²) in [5.41, 5.74) is -0.758. The van der Waals surface area contributed by atoms with Gasteiger partial charge in [-0.1, -0.05) is 17.7 Å². The highest BCUT2D eigenvalue weighted by molar-refractivity contribution is 5.94. The topological polar surface area (TPSA) is 52.2 Å². The first-order chi connectivity index (χ1) is 10.2. The molecule has 22 heavy (non-hydrogen) atoms. The van der Waals surface area contributed by atoms with E-state index in [1.807, 2.05) is 0 Å². The summed E-state index contributed by atoms with van der Waals surface area (Å²) in [6.07, 6.45) is 0. The van der Waals surface area contributed by atoms with Crippen molar-refractivity contribution >= 4 is 17.3 Å². The molecule has 0 saturated heterocycles. The molecule has 0 fully saturated rings. The molecule has 0 heterocycles. The summed E-state index contributed by atoms with van der Waals surface area (Å²) < 4.78 is 53.9. The third kappa shape index (κ3) is 2.61. The maximum atomic E-state index is 13.8. The van der Waals surface area contributed by atoms with Gasteiger partial charge in [-0.15, -0.1) is 0 Å². The normalized spacial score (nSPS) is 10.6. The molecule has 0 spiro atoms. The van der Waals surface area contributed by atoms with Crippen LogP contribution in [-0.2, 0) is 0 Å².